The number of nitrogens with two attached hydrogens (primary N) is 1. The molecule has 1 unspecified atom stereocenters. The lowest BCUT2D eigenvalue weighted by molar-refractivity contribution is -0.140. The summed E-state index contributed by atoms with van der Waals surface area (Å²) in [6.07, 6.45) is 0.732. The molecule has 0 aliphatic carbocycles. The molecule has 1 heterocycles. The number of carbonyl (C=O) groups excluding carboxylic acids is 2. The van der Waals surface area contributed by atoms with Crippen molar-refractivity contribution in [2.45, 2.75) is 45.6 Å². The third-order valence-corrected chi connectivity index (χ3v) is 4.39. The van der Waals surface area contributed by atoms with E-state index < -0.39 is 6.10 Å². The number of hydrogen-bond donors (Lipinski definition) is 1. The van der Waals surface area contributed by atoms with Gasteiger partial charge >= 0.3 is 0 Å². The Morgan fingerprint density at radius 2 is 1.87 bits per heavy atom. The molecular weight excluding hydrogens is 292 g/mol. The van der Waals surface area contributed by atoms with E-state index in [4.69, 9.17) is 10.5 Å². The molecule has 2 rings (SSSR count). The van der Waals surface area contributed by atoms with Gasteiger partial charge in [-0.3, -0.25) is 9.59 Å². The maximum absolute atomic E-state index is 12.5. The molecule has 0 saturated carbocycles. The van der Waals surface area contributed by atoms with Gasteiger partial charge in [0.1, 0.15) is 5.75 Å². The Bertz CT molecular complexity index is 563. The van der Waals surface area contributed by atoms with Gasteiger partial charge in [0.2, 0.25) is 5.91 Å². The molecule has 0 bridgehead atoms. The van der Waals surface area contributed by atoms with Gasteiger partial charge in [-0.05, 0) is 43.4 Å². The summed E-state index contributed by atoms with van der Waals surface area (Å²) in [6, 6.07) is 7.85. The van der Waals surface area contributed by atoms with Crippen LogP contribution in [0.15, 0.2) is 24.3 Å². The van der Waals surface area contributed by atoms with Crippen LogP contribution in [-0.4, -0.2) is 35.9 Å². The van der Waals surface area contributed by atoms with Crippen LogP contribution in [0.5, 0.6) is 5.75 Å². The van der Waals surface area contributed by atoms with E-state index in [0.29, 0.717) is 37.6 Å². The Morgan fingerprint density at radius 3 is 2.43 bits per heavy atom. The highest BCUT2D eigenvalue weighted by molar-refractivity contribution is 5.82. The second-order valence-corrected chi connectivity index (χ2v) is 6.49. The smallest absolute Gasteiger partial charge is 0.263 e. The summed E-state index contributed by atoms with van der Waals surface area (Å²) in [5.74, 6) is 0.703. The summed E-state index contributed by atoms with van der Waals surface area (Å²) in [4.78, 5) is 25.4. The van der Waals surface area contributed by atoms with Crippen LogP contribution < -0.4 is 10.5 Å². The molecule has 1 aliphatic rings. The van der Waals surface area contributed by atoms with Gasteiger partial charge in [0.05, 0.1) is 0 Å². The van der Waals surface area contributed by atoms with Crippen molar-refractivity contribution in [3.05, 3.63) is 29.8 Å². The largest absolute Gasteiger partial charge is 0.481 e. The van der Waals surface area contributed by atoms with Gasteiger partial charge in [0.25, 0.3) is 5.91 Å². The summed E-state index contributed by atoms with van der Waals surface area (Å²) in [7, 11) is 0. The van der Waals surface area contributed by atoms with Crippen molar-refractivity contribution < 1.29 is 14.3 Å². The van der Waals surface area contributed by atoms with Gasteiger partial charge in [-0.1, -0.05) is 26.0 Å². The van der Waals surface area contributed by atoms with Gasteiger partial charge in [-0.15, -0.1) is 0 Å². The predicted octanol–water partition coefficient (Wildman–Crippen LogP) is 2.30. The second-order valence-electron chi connectivity index (χ2n) is 6.49. The molecule has 2 N–H and O–H groups in total. The van der Waals surface area contributed by atoms with Crippen LogP contribution in [0.25, 0.3) is 0 Å². The first-order chi connectivity index (χ1) is 10.9. The third kappa shape index (κ3) is 4.47. The lowest BCUT2D eigenvalue weighted by Crippen LogP contribution is -2.46. The number of amides is 2. The van der Waals surface area contributed by atoms with Gasteiger partial charge in [-0.2, -0.15) is 0 Å². The Labute approximate surface area is 137 Å². The van der Waals surface area contributed by atoms with Crippen molar-refractivity contribution in [3.8, 4) is 5.75 Å². The van der Waals surface area contributed by atoms with E-state index in [1.807, 2.05) is 18.2 Å². The van der Waals surface area contributed by atoms with Gasteiger partial charge in [0, 0.05) is 19.0 Å². The number of benzene rings is 1. The molecule has 1 aromatic carbocycles. The summed E-state index contributed by atoms with van der Waals surface area (Å²) in [5, 5.41) is 0. The van der Waals surface area contributed by atoms with Crippen LogP contribution in [0.1, 0.15) is 45.1 Å². The average molecular weight is 318 g/mol. The van der Waals surface area contributed by atoms with Crippen molar-refractivity contribution in [1.29, 1.82) is 0 Å². The van der Waals surface area contributed by atoms with E-state index in [1.165, 1.54) is 5.56 Å². The summed E-state index contributed by atoms with van der Waals surface area (Å²) >= 11 is 0. The van der Waals surface area contributed by atoms with E-state index in [0.717, 1.165) is 0 Å². The van der Waals surface area contributed by atoms with E-state index in [2.05, 4.69) is 19.9 Å². The van der Waals surface area contributed by atoms with Crippen molar-refractivity contribution in [1.82, 2.24) is 4.90 Å². The predicted molar refractivity (Wildman–Crippen MR) is 89.1 cm³/mol. The molecule has 5 heteroatoms. The topological polar surface area (TPSA) is 72.6 Å². The summed E-state index contributed by atoms with van der Waals surface area (Å²) in [5.41, 5.74) is 6.51. The van der Waals surface area contributed by atoms with Crippen molar-refractivity contribution in [3.63, 3.8) is 0 Å². The Balaban J connectivity index is 1.93. The number of piperidine rings is 1. The molecule has 1 saturated heterocycles. The number of ether oxygens (including phenoxy) is 1. The van der Waals surface area contributed by atoms with Crippen LogP contribution in [0.3, 0.4) is 0 Å². The molecule has 1 aliphatic heterocycles. The average Bonchev–Trinajstić information content (AvgIpc) is 2.54. The van der Waals surface area contributed by atoms with Crippen LogP contribution in [0.2, 0.25) is 0 Å². The maximum atomic E-state index is 12.5. The van der Waals surface area contributed by atoms with Crippen LogP contribution in [0.4, 0.5) is 0 Å². The Hall–Kier alpha value is -2.04. The first kappa shape index (κ1) is 17.3. The molecule has 0 radical (unpaired) electrons. The number of likely N-dealkylation sites (tertiary alicyclic amines) is 1. The number of carbonyl (C=O) groups is 2. The standard InChI is InChI=1S/C18H26N2O3/c1-12(2)15-5-4-6-16(11-15)23-13(3)18(22)20-9-7-14(8-10-20)17(19)21/h4-6,11-14H,7-10H2,1-3H3,(H2,19,21). The molecule has 1 atom stereocenters. The van der Waals surface area contributed by atoms with Crippen LogP contribution in [0, 0.1) is 5.92 Å². The molecule has 0 aromatic heterocycles. The SMILES string of the molecule is CC(Oc1cccc(C(C)C)c1)C(=O)N1CCC(C(N)=O)CC1. The lowest BCUT2D eigenvalue weighted by Gasteiger charge is -2.32. The first-order valence-corrected chi connectivity index (χ1v) is 8.23. The molecule has 2 amide bonds. The molecule has 0 spiro atoms. The summed E-state index contributed by atoms with van der Waals surface area (Å²) < 4.78 is 5.81. The molecule has 126 valence electrons. The van der Waals surface area contributed by atoms with E-state index in [1.54, 1.807) is 11.8 Å². The second kappa shape index (κ2) is 7.49. The zero-order chi connectivity index (χ0) is 17.0. The highest BCUT2D eigenvalue weighted by atomic mass is 16.5. The molecule has 1 aromatic rings. The highest BCUT2D eigenvalue weighted by Gasteiger charge is 2.29. The van der Waals surface area contributed by atoms with Crippen LogP contribution in [-0.2, 0) is 9.59 Å². The van der Waals surface area contributed by atoms with Crippen molar-refractivity contribution in [2.24, 2.45) is 11.7 Å². The number of hydrogen-bond acceptors (Lipinski definition) is 3. The lowest BCUT2D eigenvalue weighted by atomic mass is 9.96. The van der Waals surface area contributed by atoms with Crippen molar-refractivity contribution in [2.75, 3.05) is 13.1 Å². The fraction of sp³-hybridized carbons (Fsp3) is 0.556. The van der Waals surface area contributed by atoms with Gasteiger partial charge in [0.15, 0.2) is 6.10 Å². The first-order valence-electron chi connectivity index (χ1n) is 8.23. The Morgan fingerprint density at radius 1 is 1.22 bits per heavy atom. The van der Waals surface area contributed by atoms with Gasteiger partial charge in [-0.25, -0.2) is 0 Å². The zero-order valence-corrected chi connectivity index (χ0v) is 14.1. The maximum Gasteiger partial charge on any atom is 0.263 e. The normalized spacial score (nSPS) is 17.1. The van der Waals surface area contributed by atoms with Crippen LogP contribution >= 0.6 is 0 Å². The van der Waals surface area contributed by atoms with Gasteiger partial charge < -0.3 is 15.4 Å². The fourth-order valence-corrected chi connectivity index (χ4v) is 2.84. The number of nitrogens with zero attached hydrogens (tertiary/aromatic N) is 1. The molecular formula is C18H26N2O3. The zero-order valence-electron chi connectivity index (χ0n) is 14.1. The minimum absolute atomic E-state index is 0.0390. The van der Waals surface area contributed by atoms with E-state index in [-0.39, 0.29) is 17.7 Å². The summed E-state index contributed by atoms with van der Waals surface area (Å²) in [6.45, 7) is 7.13. The fourth-order valence-electron chi connectivity index (χ4n) is 2.84. The molecule has 23 heavy (non-hydrogen) atoms. The van der Waals surface area contributed by atoms with E-state index >= 15 is 0 Å². The molecule has 5 nitrogen and oxygen atoms in total. The van der Waals surface area contributed by atoms with E-state index in [9.17, 15) is 9.59 Å². The third-order valence-electron chi connectivity index (χ3n) is 4.39. The van der Waals surface area contributed by atoms with Crippen molar-refractivity contribution >= 4 is 11.8 Å². The Kier molecular flexibility index (Phi) is 5.64. The minimum atomic E-state index is -0.539. The number of rotatable bonds is 5. The monoisotopic (exact) mass is 318 g/mol. The highest BCUT2D eigenvalue weighted by Crippen LogP contribution is 2.22. The molecule has 1 fully saturated rings. The quantitative estimate of drug-likeness (QED) is 0.905. The minimum Gasteiger partial charge on any atom is -0.481 e. The number of primary amides is 1.